The van der Waals surface area contributed by atoms with Crippen LogP contribution in [0.5, 0.6) is 5.75 Å². The summed E-state index contributed by atoms with van der Waals surface area (Å²) < 4.78 is 15.7. The van der Waals surface area contributed by atoms with Gasteiger partial charge in [-0.1, -0.05) is 24.4 Å². The van der Waals surface area contributed by atoms with Crippen LogP contribution in [0.2, 0.25) is 0 Å². The van der Waals surface area contributed by atoms with E-state index in [1.54, 1.807) is 31.2 Å². The predicted molar refractivity (Wildman–Crippen MR) is 104 cm³/mol. The number of aromatic nitrogens is 2. The van der Waals surface area contributed by atoms with Crippen LogP contribution < -0.4 is 4.74 Å². The summed E-state index contributed by atoms with van der Waals surface area (Å²) in [7, 11) is 0. The van der Waals surface area contributed by atoms with Crippen LogP contribution in [0.4, 0.5) is 0 Å². The van der Waals surface area contributed by atoms with Crippen LogP contribution in [0, 0.1) is 6.92 Å². The van der Waals surface area contributed by atoms with E-state index in [4.69, 9.17) is 14.0 Å². The first-order valence-corrected chi connectivity index (χ1v) is 10.1. The Kier molecular flexibility index (Phi) is 7.21. The van der Waals surface area contributed by atoms with Gasteiger partial charge in [0.1, 0.15) is 5.75 Å². The van der Waals surface area contributed by atoms with Crippen LogP contribution in [-0.2, 0) is 16.1 Å². The van der Waals surface area contributed by atoms with E-state index in [0.717, 1.165) is 25.7 Å². The fourth-order valence-corrected chi connectivity index (χ4v) is 3.56. The van der Waals surface area contributed by atoms with Crippen LogP contribution in [0.15, 0.2) is 28.8 Å². The largest absolute Gasteiger partial charge is 0.485 e. The molecule has 1 amide bonds. The number of hydrogen-bond acceptors (Lipinski definition) is 7. The van der Waals surface area contributed by atoms with Crippen molar-refractivity contribution in [1.29, 1.82) is 0 Å². The van der Waals surface area contributed by atoms with E-state index >= 15 is 0 Å². The average molecular weight is 401 g/mol. The first kappa shape index (κ1) is 20.8. The maximum atomic E-state index is 12.5. The number of benzene rings is 1. The lowest BCUT2D eigenvalue weighted by atomic mass is 9.94. The quantitative estimate of drug-likeness (QED) is 0.626. The highest BCUT2D eigenvalue weighted by Crippen LogP contribution is 2.22. The van der Waals surface area contributed by atoms with E-state index in [2.05, 4.69) is 10.1 Å². The van der Waals surface area contributed by atoms with Crippen molar-refractivity contribution in [2.45, 2.75) is 58.6 Å². The van der Waals surface area contributed by atoms with Gasteiger partial charge in [-0.05, 0) is 44.0 Å². The number of aryl methyl sites for hydroxylation is 1. The molecule has 1 heterocycles. The van der Waals surface area contributed by atoms with Gasteiger partial charge in [0.05, 0.1) is 5.56 Å². The third-order valence-corrected chi connectivity index (χ3v) is 5.03. The van der Waals surface area contributed by atoms with Crippen molar-refractivity contribution in [3.05, 3.63) is 41.5 Å². The molecular weight excluding hydrogens is 374 g/mol. The Morgan fingerprint density at radius 2 is 1.90 bits per heavy atom. The molecule has 2 aromatic rings. The summed E-state index contributed by atoms with van der Waals surface area (Å²) in [5.74, 6) is 0.820. The highest BCUT2D eigenvalue weighted by molar-refractivity contribution is 5.91. The number of ether oxygens (including phenoxy) is 2. The Morgan fingerprint density at radius 3 is 2.52 bits per heavy atom. The van der Waals surface area contributed by atoms with Crippen molar-refractivity contribution in [3.8, 4) is 5.75 Å². The number of hydrogen-bond donors (Lipinski definition) is 0. The molecule has 0 radical (unpaired) electrons. The number of likely N-dealkylation sites (N-methyl/N-ethyl adjacent to an activating group) is 1. The summed E-state index contributed by atoms with van der Waals surface area (Å²) in [6.45, 7) is 4.23. The lowest BCUT2D eigenvalue weighted by Gasteiger charge is -2.33. The van der Waals surface area contributed by atoms with Gasteiger partial charge in [-0.2, -0.15) is 4.98 Å². The maximum absolute atomic E-state index is 12.5. The normalized spacial score (nSPS) is 14.4. The first-order valence-electron chi connectivity index (χ1n) is 10.1. The third kappa shape index (κ3) is 5.79. The molecule has 0 saturated heterocycles. The Hall–Kier alpha value is -2.90. The SMILES string of the molecule is CCN(C(=O)COC(=O)c1ccc(OCc2noc(C)n2)cc1)C1CCCCC1. The van der Waals surface area contributed by atoms with Gasteiger partial charge in [-0.15, -0.1) is 0 Å². The number of esters is 1. The van der Waals surface area contributed by atoms with Crippen molar-refractivity contribution in [2.75, 3.05) is 13.2 Å². The number of nitrogens with zero attached hydrogens (tertiary/aromatic N) is 3. The van der Waals surface area contributed by atoms with Crippen LogP contribution in [0.3, 0.4) is 0 Å². The standard InChI is InChI=1S/C21H27N3O5/c1-3-24(17-7-5-4-6-8-17)20(25)14-28-21(26)16-9-11-18(12-10-16)27-13-19-22-15(2)29-23-19/h9-12,17H,3-8,13-14H2,1-2H3. The van der Waals surface area contributed by atoms with E-state index in [-0.39, 0.29) is 25.2 Å². The lowest BCUT2D eigenvalue weighted by molar-refractivity contribution is -0.137. The fourth-order valence-electron chi connectivity index (χ4n) is 3.56. The summed E-state index contributed by atoms with van der Waals surface area (Å²) in [5.41, 5.74) is 0.362. The number of carbonyl (C=O) groups is 2. The van der Waals surface area contributed by atoms with Crippen LogP contribution >= 0.6 is 0 Å². The summed E-state index contributed by atoms with van der Waals surface area (Å²) >= 11 is 0. The van der Waals surface area contributed by atoms with E-state index in [1.807, 2.05) is 11.8 Å². The van der Waals surface area contributed by atoms with Gasteiger partial charge < -0.3 is 18.9 Å². The molecule has 0 aliphatic heterocycles. The number of amides is 1. The van der Waals surface area contributed by atoms with Gasteiger partial charge in [0.2, 0.25) is 11.7 Å². The van der Waals surface area contributed by atoms with Gasteiger partial charge in [0, 0.05) is 19.5 Å². The molecule has 0 atom stereocenters. The molecule has 0 unspecified atom stereocenters. The molecule has 0 N–H and O–H groups in total. The van der Waals surface area contributed by atoms with Gasteiger partial charge in [0.25, 0.3) is 5.91 Å². The maximum Gasteiger partial charge on any atom is 0.338 e. The van der Waals surface area contributed by atoms with Crippen LogP contribution in [0.1, 0.15) is 61.1 Å². The van der Waals surface area contributed by atoms with E-state index in [1.165, 1.54) is 6.42 Å². The van der Waals surface area contributed by atoms with Gasteiger partial charge in [0.15, 0.2) is 13.2 Å². The Morgan fingerprint density at radius 1 is 1.17 bits per heavy atom. The summed E-state index contributed by atoms with van der Waals surface area (Å²) in [5, 5.41) is 3.75. The zero-order chi connectivity index (χ0) is 20.6. The third-order valence-electron chi connectivity index (χ3n) is 5.03. The molecule has 8 nitrogen and oxygen atoms in total. The molecule has 1 saturated carbocycles. The van der Waals surface area contributed by atoms with Gasteiger partial charge >= 0.3 is 5.97 Å². The van der Waals surface area contributed by atoms with Gasteiger partial charge in [-0.25, -0.2) is 4.79 Å². The second-order valence-electron chi connectivity index (χ2n) is 7.09. The molecule has 1 aliphatic rings. The van der Waals surface area contributed by atoms with Crippen LogP contribution in [-0.4, -0.2) is 46.1 Å². The predicted octanol–water partition coefficient (Wildman–Crippen LogP) is 3.30. The molecule has 1 fully saturated rings. The Labute approximate surface area is 170 Å². The molecule has 1 aliphatic carbocycles. The number of carbonyl (C=O) groups excluding carboxylic acids is 2. The molecule has 1 aromatic carbocycles. The molecule has 1 aromatic heterocycles. The molecule has 0 spiro atoms. The average Bonchev–Trinajstić information content (AvgIpc) is 3.17. The smallest absolute Gasteiger partial charge is 0.338 e. The fraction of sp³-hybridized carbons (Fsp3) is 0.524. The minimum atomic E-state index is -0.529. The zero-order valence-electron chi connectivity index (χ0n) is 16.9. The van der Waals surface area contributed by atoms with Crippen LogP contribution in [0.25, 0.3) is 0 Å². The van der Waals surface area contributed by atoms with Crippen molar-refractivity contribution in [3.63, 3.8) is 0 Å². The van der Waals surface area contributed by atoms with Crippen molar-refractivity contribution < 1.29 is 23.6 Å². The minimum Gasteiger partial charge on any atom is -0.485 e. The molecular formula is C21H27N3O5. The van der Waals surface area contributed by atoms with Crippen molar-refractivity contribution >= 4 is 11.9 Å². The summed E-state index contributed by atoms with van der Waals surface area (Å²) in [4.78, 5) is 30.6. The molecule has 3 rings (SSSR count). The van der Waals surface area contributed by atoms with Crippen molar-refractivity contribution in [2.24, 2.45) is 0 Å². The highest BCUT2D eigenvalue weighted by Gasteiger charge is 2.24. The zero-order valence-corrected chi connectivity index (χ0v) is 16.9. The van der Waals surface area contributed by atoms with Crippen molar-refractivity contribution in [1.82, 2.24) is 15.0 Å². The second kappa shape index (κ2) is 10.0. The summed E-state index contributed by atoms with van der Waals surface area (Å²) in [6, 6.07) is 6.78. The first-order chi connectivity index (χ1) is 14.1. The Bertz CT molecular complexity index is 812. The molecule has 156 valence electrons. The van der Waals surface area contributed by atoms with Gasteiger partial charge in [-0.3, -0.25) is 4.79 Å². The highest BCUT2D eigenvalue weighted by atomic mass is 16.5. The second-order valence-corrected chi connectivity index (χ2v) is 7.09. The van der Waals surface area contributed by atoms with E-state index in [9.17, 15) is 9.59 Å². The summed E-state index contributed by atoms with van der Waals surface area (Å²) in [6.07, 6.45) is 5.58. The van der Waals surface area contributed by atoms with E-state index < -0.39 is 5.97 Å². The Balaban J connectivity index is 1.47. The molecule has 29 heavy (non-hydrogen) atoms. The minimum absolute atomic E-state index is 0.136. The van der Waals surface area contributed by atoms with E-state index in [0.29, 0.717) is 29.6 Å². The number of rotatable bonds is 8. The monoisotopic (exact) mass is 401 g/mol. The topological polar surface area (TPSA) is 94.8 Å². The lowest BCUT2D eigenvalue weighted by Crippen LogP contribution is -2.43. The molecule has 0 bridgehead atoms. The molecule has 8 heteroatoms.